The normalized spacial score (nSPS) is 10.4. The van der Waals surface area contributed by atoms with Crippen molar-refractivity contribution in [2.45, 2.75) is 0 Å². The fourth-order valence-corrected chi connectivity index (χ4v) is 1.62. The first-order chi connectivity index (χ1) is 8.43. The monoisotopic (exact) mass is 222 g/mol. The van der Waals surface area contributed by atoms with E-state index in [0.717, 1.165) is 22.6 Å². The minimum absolute atomic E-state index is 0.730. The summed E-state index contributed by atoms with van der Waals surface area (Å²) in [7, 11) is 0. The Balaban J connectivity index is 1.96. The molecule has 0 aliphatic carbocycles. The maximum Gasteiger partial charge on any atom is 0.159 e. The lowest BCUT2D eigenvalue weighted by Gasteiger charge is -2.00. The lowest BCUT2D eigenvalue weighted by molar-refractivity contribution is 1.09. The van der Waals surface area contributed by atoms with Crippen LogP contribution in [0, 0.1) is 0 Å². The minimum Gasteiger partial charge on any atom is -0.278 e. The van der Waals surface area contributed by atoms with Crippen LogP contribution in [0.5, 0.6) is 0 Å². The molecule has 17 heavy (non-hydrogen) atoms. The van der Waals surface area contributed by atoms with Gasteiger partial charge in [-0.3, -0.25) is 5.10 Å². The summed E-state index contributed by atoms with van der Waals surface area (Å²) in [5.41, 5.74) is 2.87. The maximum atomic E-state index is 4.35. The highest BCUT2D eigenvalue weighted by Crippen LogP contribution is 2.17. The summed E-state index contributed by atoms with van der Waals surface area (Å²) in [6.45, 7) is 0. The van der Waals surface area contributed by atoms with Gasteiger partial charge in [-0.1, -0.05) is 30.3 Å². The molecule has 0 spiro atoms. The zero-order valence-electron chi connectivity index (χ0n) is 9.04. The second-order valence-electron chi connectivity index (χ2n) is 3.63. The Hall–Kier alpha value is -2.49. The van der Waals surface area contributed by atoms with E-state index in [4.69, 9.17) is 0 Å². The number of aromatic nitrogens is 4. The van der Waals surface area contributed by atoms with E-state index < -0.39 is 0 Å². The van der Waals surface area contributed by atoms with E-state index >= 15 is 0 Å². The standard InChI is InChI=1S/C13H10N4/c1-2-4-10(5-3-1)13-14-8-11(9-15-13)12-6-7-16-17-12/h1-9H,(H,16,17). The molecule has 0 fully saturated rings. The quantitative estimate of drug-likeness (QED) is 0.724. The smallest absolute Gasteiger partial charge is 0.159 e. The number of hydrogen-bond donors (Lipinski definition) is 1. The van der Waals surface area contributed by atoms with Crippen LogP contribution in [0.4, 0.5) is 0 Å². The van der Waals surface area contributed by atoms with Crippen LogP contribution in [0.2, 0.25) is 0 Å². The minimum atomic E-state index is 0.730. The van der Waals surface area contributed by atoms with Crippen molar-refractivity contribution in [2.24, 2.45) is 0 Å². The van der Waals surface area contributed by atoms with E-state index in [0.29, 0.717) is 0 Å². The van der Waals surface area contributed by atoms with Gasteiger partial charge in [0.1, 0.15) is 0 Å². The summed E-state index contributed by atoms with van der Waals surface area (Å²) in [6, 6.07) is 11.8. The molecule has 0 amide bonds. The van der Waals surface area contributed by atoms with Crippen LogP contribution < -0.4 is 0 Å². The summed E-state index contributed by atoms with van der Waals surface area (Å²) in [5, 5.41) is 6.78. The molecule has 1 aromatic carbocycles. The highest BCUT2D eigenvalue weighted by molar-refractivity contribution is 5.60. The first-order valence-corrected chi connectivity index (χ1v) is 5.31. The molecule has 2 heterocycles. The second-order valence-corrected chi connectivity index (χ2v) is 3.63. The molecule has 0 atom stereocenters. The predicted molar refractivity (Wildman–Crippen MR) is 65.0 cm³/mol. The Bertz CT molecular complexity index is 585. The number of benzene rings is 1. The van der Waals surface area contributed by atoms with Gasteiger partial charge in [-0.15, -0.1) is 0 Å². The van der Waals surface area contributed by atoms with Crippen LogP contribution in [-0.4, -0.2) is 20.2 Å². The van der Waals surface area contributed by atoms with Crippen LogP contribution in [0.15, 0.2) is 55.0 Å². The average Bonchev–Trinajstić information content (AvgIpc) is 2.94. The van der Waals surface area contributed by atoms with Gasteiger partial charge >= 0.3 is 0 Å². The molecule has 3 rings (SSSR count). The van der Waals surface area contributed by atoms with Crippen LogP contribution in [0.1, 0.15) is 0 Å². The SMILES string of the molecule is c1ccc(-c2ncc(-c3ccn[nH]3)cn2)cc1. The Morgan fingerprint density at radius 1 is 0.824 bits per heavy atom. The van der Waals surface area contributed by atoms with Gasteiger partial charge in [0.15, 0.2) is 5.82 Å². The number of H-pyrrole nitrogens is 1. The second kappa shape index (κ2) is 4.17. The molecule has 0 radical (unpaired) electrons. The van der Waals surface area contributed by atoms with Crippen LogP contribution in [0.3, 0.4) is 0 Å². The first-order valence-electron chi connectivity index (χ1n) is 5.31. The molecule has 82 valence electrons. The molecule has 4 heteroatoms. The molecule has 0 aliphatic heterocycles. The highest BCUT2D eigenvalue weighted by Gasteiger charge is 2.02. The van der Waals surface area contributed by atoms with E-state index in [9.17, 15) is 0 Å². The molecule has 0 bridgehead atoms. The molecular formula is C13H10N4. The Morgan fingerprint density at radius 3 is 2.24 bits per heavy atom. The third-order valence-electron chi connectivity index (χ3n) is 2.50. The summed E-state index contributed by atoms with van der Waals surface area (Å²) in [5.74, 6) is 0.730. The van der Waals surface area contributed by atoms with Gasteiger partial charge in [0, 0.05) is 29.7 Å². The summed E-state index contributed by atoms with van der Waals surface area (Å²) < 4.78 is 0. The van der Waals surface area contributed by atoms with Crippen molar-refractivity contribution in [2.75, 3.05) is 0 Å². The summed E-state index contributed by atoms with van der Waals surface area (Å²) in [6.07, 6.45) is 5.30. The Kier molecular flexibility index (Phi) is 2.38. The maximum absolute atomic E-state index is 4.35. The Labute approximate surface area is 98.4 Å². The third-order valence-corrected chi connectivity index (χ3v) is 2.50. The molecule has 0 saturated carbocycles. The van der Waals surface area contributed by atoms with Gasteiger partial charge < -0.3 is 0 Å². The van der Waals surface area contributed by atoms with Crippen LogP contribution >= 0.6 is 0 Å². The topological polar surface area (TPSA) is 54.5 Å². The Morgan fingerprint density at radius 2 is 1.59 bits per heavy atom. The van der Waals surface area contributed by atoms with Gasteiger partial charge in [0.2, 0.25) is 0 Å². The van der Waals surface area contributed by atoms with E-state index in [1.807, 2.05) is 36.4 Å². The van der Waals surface area contributed by atoms with Gasteiger partial charge in [0.05, 0.1) is 5.69 Å². The van der Waals surface area contributed by atoms with Crippen molar-refractivity contribution >= 4 is 0 Å². The van der Waals surface area contributed by atoms with Crippen molar-refractivity contribution in [1.82, 2.24) is 20.2 Å². The number of rotatable bonds is 2. The predicted octanol–water partition coefficient (Wildman–Crippen LogP) is 2.53. The molecule has 4 nitrogen and oxygen atoms in total. The number of nitrogens with zero attached hydrogens (tertiary/aromatic N) is 3. The average molecular weight is 222 g/mol. The van der Waals surface area contributed by atoms with Crippen molar-refractivity contribution < 1.29 is 0 Å². The highest BCUT2D eigenvalue weighted by atomic mass is 15.1. The molecule has 0 unspecified atom stereocenters. The lowest BCUT2D eigenvalue weighted by atomic mass is 10.2. The van der Waals surface area contributed by atoms with E-state index in [1.54, 1.807) is 18.6 Å². The summed E-state index contributed by atoms with van der Waals surface area (Å²) in [4.78, 5) is 8.69. The number of nitrogens with one attached hydrogen (secondary N) is 1. The molecular weight excluding hydrogens is 212 g/mol. The zero-order valence-corrected chi connectivity index (χ0v) is 9.04. The first kappa shape index (κ1) is 9.72. The largest absolute Gasteiger partial charge is 0.278 e. The summed E-state index contributed by atoms with van der Waals surface area (Å²) >= 11 is 0. The van der Waals surface area contributed by atoms with Gasteiger partial charge in [-0.05, 0) is 6.07 Å². The van der Waals surface area contributed by atoms with Gasteiger partial charge in [-0.25, -0.2) is 9.97 Å². The number of hydrogen-bond acceptors (Lipinski definition) is 3. The molecule has 3 aromatic rings. The van der Waals surface area contributed by atoms with Crippen LogP contribution in [0.25, 0.3) is 22.6 Å². The fraction of sp³-hybridized carbons (Fsp3) is 0. The fourth-order valence-electron chi connectivity index (χ4n) is 1.62. The van der Waals surface area contributed by atoms with E-state index in [1.165, 1.54) is 0 Å². The molecule has 0 aliphatic rings. The zero-order chi connectivity index (χ0) is 11.5. The number of aromatic amines is 1. The van der Waals surface area contributed by atoms with Crippen molar-refractivity contribution in [3.8, 4) is 22.6 Å². The van der Waals surface area contributed by atoms with Gasteiger partial charge in [-0.2, -0.15) is 5.10 Å². The van der Waals surface area contributed by atoms with Crippen LogP contribution in [-0.2, 0) is 0 Å². The molecule has 0 saturated heterocycles. The molecule has 2 aromatic heterocycles. The molecule has 1 N–H and O–H groups in total. The van der Waals surface area contributed by atoms with Gasteiger partial charge in [0.25, 0.3) is 0 Å². The van der Waals surface area contributed by atoms with E-state index in [2.05, 4.69) is 20.2 Å². The van der Waals surface area contributed by atoms with E-state index in [-0.39, 0.29) is 0 Å². The lowest BCUT2D eigenvalue weighted by Crippen LogP contribution is -1.89. The van der Waals surface area contributed by atoms with Crippen molar-refractivity contribution in [3.05, 3.63) is 55.0 Å². The van der Waals surface area contributed by atoms with Crippen molar-refractivity contribution in [3.63, 3.8) is 0 Å². The third kappa shape index (κ3) is 1.92. The van der Waals surface area contributed by atoms with Crippen molar-refractivity contribution in [1.29, 1.82) is 0 Å².